The van der Waals surface area contributed by atoms with E-state index in [0.717, 1.165) is 11.2 Å². The van der Waals surface area contributed by atoms with E-state index < -0.39 is 0 Å². The first-order valence-electron chi connectivity index (χ1n) is 7.03. The van der Waals surface area contributed by atoms with Crippen molar-refractivity contribution in [1.29, 1.82) is 0 Å². The predicted molar refractivity (Wildman–Crippen MR) is 81.9 cm³/mol. The monoisotopic (exact) mass is 252 g/mol. The summed E-state index contributed by atoms with van der Waals surface area (Å²) < 4.78 is 5.98. The summed E-state index contributed by atoms with van der Waals surface area (Å²) in [6.07, 6.45) is 0. The number of fused-ring (bicyclic) bond motifs is 3. The Morgan fingerprint density at radius 3 is 2.05 bits per heavy atom. The minimum atomic E-state index is 0.523. The largest absolute Gasteiger partial charge is 0.456 e. The average Bonchev–Trinajstić information content (AvgIpc) is 2.74. The van der Waals surface area contributed by atoms with Crippen LogP contribution in [-0.2, 0) is 0 Å². The van der Waals surface area contributed by atoms with Gasteiger partial charge < -0.3 is 4.42 Å². The van der Waals surface area contributed by atoms with Crippen molar-refractivity contribution in [2.75, 3.05) is 0 Å². The van der Waals surface area contributed by atoms with Gasteiger partial charge in [-0.3, -0.25) is 0 Å². The maximum absolute atomic E-state index is 5.98. The molecule has 0 saturated carbocycles. The van der Waals surface area contributed by atoms with E-state index in [4.69, 9.17) is 4.42 Å². The van der Waals surface area contributed by atoms with Gasteiger partial charge >= 0.3 is 0 Å². The van der Waals surface area contributed by atoms with Gasteiger partial charge in [-0.25, -0.2) is 0 Å². The standard InChI is InChI=1S/C18H20O/c1-11(2)14-9-16-13-7-5-6-8-17(13)19-18(16)10-15(14)12(3)4/h5-12H,1-4H3. The molecule has 1 aromatic heterocycles. The third-order valence-corrected chi connectivity index (χ3v) is 3.83. The van der Waals surface area contributed by atoms with Crippen LogP contribution in [0.2, 0.25) is 0 Å². The molecular weight excluding hydrogens is 232 g/mol. The number of hydrogen-bond donors (Lipinski definition) is 0. The summed E-state index contributed by atoms with van der Waals surface area (Å²) in [5.41, 5.74) is 4.83. The van der Waals surface area contributed by atoms with E-state index in [1.807, 2.05) is 12.1 Å². The van der Waals surface area contributed by atoms with Crippen LogP contribution in [0.3, 0.4) is 0 Å². The van der Waals surface area contributed by atoms with Crippen LogP contribution in [0.4, 0.5) is 0 Å². The molecule has 0 aliphatic carbocycles. The number of para-hydroxylation sites is 1. The second-order valence-corrected chi connectivity index (χ2v) is 5.88. The molecule has 1 heterocycles. The van der Waals surface area contributed by atoms with Gasteiger partial charge in [-0.1, -0.05) is 45.9 Å². The van der Waals surface area contributed by atoms with Crippen LogP contribution in [0.5, 0.6) is 0 Å². The second-order valence-electron chi connectivity index (χ2n) is 5.88. The van der Waals surface area contributed by atoms with Crippen molar-refractivity contribution < 1.29 is 4.42 Å². The van der Waals surface area contributed by atoms with Crippen LogP contribution in [0, 0.1) is 0 Å². The lowest BCUT2D eigenvalue weighted by Crippen LogP contribution is -1.98. The van der Waals surface area contributed by atoms with Crippen molar-refractivity contribution in [2.24, 2.45) is 0 Å². The van der Waals surface area contributed by atoms with E-state index >= 15 is 0 Å². The number of rotatable bonds is 2. The van der Waals surface area contributed by atoms with Crippen LogP contribution >= 0.6 is 0 Å². The smallest absolute Gasteiger partial charge is 0.135 e. The van der Waals surface area contributed by atoms with Crippen molar-refractivity contribution in [1.82, 2.24) is 0 Å². The topological polar surface area (TPSA) is 13.1 Å². The van der Waals surface area contributed by atoms with Crippen LogP contribution in [0.1, 0.15) is 50.7 Å². The Bertz CT molecular complexity index is 732. The summed E-state index contributed by atoms with van der Waals surface area (Å²) in [7, 11) is 0. The molecule has 0 radical (unpaired) electrons. The molecule has 98 valence electrons. The van der Waals surface area contributed by atoms with E-state index in [2.05, 4.69) is 52.0 Å². The Kier molecular flexibility index (Phi) is 2.85. The molecule has 1 nitrogen and oxygen atoms in total. The molecule has 0 amide bonds. The highest BCUT2D eigenvalue weighted by molar-refractivity contribution is 6.05. The fourth-order valence-electron chi connectivity index (χ4n) is 2.80. The normalized spacial score (nSPS) is 12.1. The molecule has 0 aliphatic rings. The average molecular weight is 252 g/mol. The predicted octanol–water partition coefficient (Wildman–Crippen LogP) is 5.83. The molecular formula is C18H20O. The van der Waals surface area contributed by atoms with E-state index in [0.29, 0.717) is 11.8 Å². The van der Waals surface area contributed by atoms with E-state index in [-0.39, 0.29) is 0 Å². The van der Waals surface area contributed by atoms with Crippen LogP contribution < -0.4 is 0 Å². The van der Waals surface area contributed by atoms with E-state index in [9.17, 15) is 0 Å². The Balaban J connectivity index is 2.40. The molecule has 0 saturated heterocycles. The first-order valence-corrected chi connectivity index (χ1v) is 7.03. The lowest BCUT2D eigenvalue weighted by Gasteiger charge is -2.15. The van der Waals surface area contributed by atoms with Crippen LogP contribution in [0.15, 0.2) is 40.8 Å². The Hall–Kier alpha value is -1.76. The summed E-state index contributed by atoms with van der Waals surface area (Å²) in [6.45, 7) is 9.01. The molecule has 2 aromatic carbocycles. The van der Waals surface area contributed by atoms with Crippen LogP contribution in [-0.4, -0.2) is 0 Å². The SMILES string of the molecule is CC(C)c1cc2oc3ccccc3c2cc1C(C)C. The van der Waals surface area contributed by atoms with Gasteiger partial charge in [0, 0.05) is 10.8 Å². The summed E-state index contributed by atoms with van der Waals surface area (Å²) in [6, 6.07) is 12.8. The van der Waals surface area contributed by atoms with Crippen LogP contribution in [0.25, 0.3) is 21.9 Å². The van der Waals surface area contributed by atoms with Gasteiger partial charge in [0.1, 0.15) is 11.2 Å². The fourth-order valence-corrected chi connectivity index (χ4v) is 2.80. The molecule has 0 N–H and O–H groups in total. The lowest BCUT2D eigenvalue weighted by atomic mass is 9.89. The Labute approximate surface area is 114 Å². The molecule has 0 atom stereocenters. The number of hydrogen-bond acceptors (Lipinski definition) is 1. The summed E-state index contributed by atoms with van der Waals surface area (Å²) in [5, 5.41) is 2.46. The molecule has 0 bridgehead atoms. The van der Waals surface area contributed by atoms with E-state index in [1.165, 1.54) is 21.9 Å². The maximum Gasteiger partial charge on any atom is 0.135 e. The summed E-state index contributed by atoms with van der Waals surface area (Å²) >= 11 is 0. The first-order chi connectivity index (χ1) is 9.08. The minimum absolute atomic E-state index is 0.523. The van der Waals surface area contributed by atoms with Crippen molar-refractivity contribution in [3.8, 4) is 0 Å². The van der Waals surface area contributed by atoms with Crippen molar-refractivity contribution >= 4 is 21.9 Å². The molecule has 0 unspecified atom stereocenters. The maximum atomic E-state index is 5.98. The second kappa shape index (κ2) is 4.41. The van der Waals surface area contributed by atoms with Gasteiger partial charge in [-0.2, -0.15) is 0 Å². The molecule has 0 aliphatic heterocycles. The van der Waals surface area contributed by atoms with Gasteiger partial charge in [0.2, 0.25) is 0 Å². The highest BCUT2D eigenvalue weighted by Gasteiger charge is 2.15. The molecule has 3 rings (SSSR count). The Morgan fingerprint density at radius 2 is 1.37 bits per heavy atom. The molecule has 3 aromatic rings. The lowest BCUT2D eigenvalue weighted by molar-refractivity contribution is 0.666. The third-order valence-electron chi connectivity index (χ3n) is 3.83. The Morgan fingerprint density at radius 1 is 0.737 bits per heavy atom. The van der Waals surface area contributed by atoms with Gasteiger partial charge in [0.15, 0.2) is 0 Å². The zero-order chi connectivity index (χ0) is 13.6. The zero-order valence-electron chi connectivity index (χ0n) is 12.0. The minimum Gasteiger partial charge on any atom is -0.456 e. The van der Waals surface area contributed by atoms with Crippen molar-refractivity contribution in [3.05, 3.63) is 47.5 Å². The molecule has 0 spiro atoms. The van der Waals surface area contributed by atoms with Gasteiger partial charge in [-0.05, 0) is 41.2 Å². The fraction of sp³-hybridized carbons (Fsp3) is 0.333. The van der Waals surface area contributed by atoms with Gasteiger partial charge in [0.05, 0.1) is 0 Å². The van der Waals surface area contributed by atoms with Crippen molar-refractivity contribution in [3.63, 3.8) is 0 Å². The van der Waals surface area contributed by atoms with Gasteiger partial charge in [0.25, 0.3) is 0 Å². The number of furan rings is 1. The first kappa shape index (κ1) is 12.3. The highest BCUT2D eigenvalue weighted by Crippen LogP contribution is 2.35. The molecule has 1 heteroatoms. The van der Waals surface area contributed by atoms with Crippen molar-refractivity contribution in [2.45, 2.75) is 39.5 Å². The highest BCUT2D eigenvalue weighted by atomic mass is 16.3. The summed E-state index contributed by atoms with van der Waals surface area (Å²) in [4.78, 5) is 0. The van der Waals surface area contributed by atoms with Gasteiger partial charge in [-0.15, -0.1) is 0 Å². The molecule has 19 heavy (non-hydrogen) atoms. The quantitative estimate of drug-likeness (QED) is 0.559. The van der Waals surface area contributed by atoms with E-state index in [1.54, 1.807) is 0 Å². The summed E-state index contributed by atoms with van der Waals surface area (Å²) in [5.74, 6) is 1.06. The zero-order valence-corrected chi connectivity index (χ0v) is 12.0. The molecule has 0 fully saturated rings. The number of benzene rings is 2. The third kappa shape index (κ3) is 1.94.